The third-order valence-corrected chi connectivity index (χ3v) is 4.19. The number of aliphatic carboxylic acids is 2. The van der Waals surface area contributed by atoms with Crippen molar-refractivity contribution in [1.29, 1.82) is 0 Å². The molecule has 0 rings (SSSR count). The topological polar surface area (TPSA) is 121 Å². The van der Waals surface area contributed by atoms with Crippen LogP contribution in [0.15, 0.2) is 12.2 Å². The predicted octanol–water partition coefficient (Wildman–Crippen LogP) is 2.59. The molecule has 29 heavy (non-hydrogen) atoms. The number of hydrogen-bond donors (Lipinski definition) is 3. The van der Waals surface area contributed by atoms with Crippen LogP contribution in [0.25, 0.3) is 0 Å². The Bertz CT molecular complexity index is 526. The van der Waals surface area contributed by atoms with Gasteiger partial charge in [0.15, 0.2) is 6.10 Å². The zero-order valence-electron chi connectivity index (χ0n) is 18.0. The minimum absolute atomic E-state index is 0.138. The lowest BCUT2D eigenvalue weighted by atomic mass is 10.1. The lowest BCUT2D eigenvalue weighted by Crippen LogP contribution is -2.44. The molecule has 0 amide bonds. The highest BCUT2D eigenvalue weighted by atomic mass is 16.5. The van der Waals surface area contributed by atoms with E-state index in [0.717, 1.165) is 32.1 Å². The van der Waals surface area contributed by atoms with Crippen molar-refractivity contribution in [3.05, 3.63) is 12.2 Å². The van der Waals surface area contributed by atoms with Gasteiger partial charge in [-0.05, 0) is 38.5 Å². The number of hydrogen-bond acceptors (Lipinski definition) is 5. The Morgan fingerprint density at radius 1 is 0.897 bits per heavy atom. The van der Waals surface area contributed by atoms with Crippen LogP contribution in [0.2, 0.25) is 0 Å². The number of carboxylic acids is 2. The molecular formula is C21H38NO7+. The molecule has 0 radical (unpaired) electrons. The molecule has 0 aliphatic heterocycles. The van der Waals surface area contributed by atoms with Crippen LogP contribution in [0.4, 0.5) is 0 Å². The van der Waals surface area contributed by atoms with Gasteiger partial charge in [-0.25, -0.2) is 0 Å². The molecule has 0 saturated carbocycles. The minimum atomic E-state index is -1.02. The summed E-state index contributed by atoms with van der Waals surface area (Å²) in [4.78, 5) is 33.3. The van der Waals surface area contributed by atoms with Gasteiger partial charge >= 0.3 is 17.9 Å². The van der Waals surface area contributed by atoms with Crippen molar-refractivity contribution in [2.24, 2.45) is 0 Å². The first-order valence-corrected chi connectivity index (χ1v) is 10.3. The van der Waals surface area contributed by atoms with Crippen LogP contribution < -0.4 is 0 Å². The Morgan fingerprint density at radius 2 is 1.52 bits per heavy atom. The van der Waals surface area contributed by atoms with Crippen LogP contribution in [0.5, 0.6) is 0 Å². The Morgan fingerprint density at radius 3 is 2.07 bits per heavy atom. The molecule has 0 heterocycles. The largest absolute Gasteiger partial charge is 0.481 e. The van der Waals surface area contributed by atoms with Crippen molar-refractivity contribution in [3.63, 3.8) is 0 Å². The van der Waals surface area contributed by atoms with Gasteiger partial charge in [-0.15, -0.1) is 0 Å². The first-order chi connectivity index (χ1) is 13.5. The van der Waals surface area contributed by atoms with E-state index in [4.69, 9.17) is 14.9 Å². The van der Waals surface area contributed by atoms with Gasteiger partial charge in [0, 0.05) is 6.42 Å². The Hall–Kier alpha value is -1.93. The maximum absolute atomic E-state index is 12.0. The quantitative estimate of drug-likeness (QED) is 0.144. The van der Waals surface area contributed by atoms with Gasteiger partial charge in [0.25, 0.3) is 0 Å². The molecule has 0 aromatic rings. The molecule has 0 aliphatic carbocycles. The minimum Gasteiger partial charge on any atom is -0.481 e. The van der Waals surface area contributed by atoms with Crippen molar-refractivity contribution < 1.29 is 38.9 Å². The number of aliphatic hydroxyl groups excluding tert-OH is 1. The number of carbonyl (C=O) groups is 3. The SMILES string of the molecule is C[N+](C)(C)CC(CC(=O)O)OC(=O)CC(O)CCC/C=C/CCCCCC(=O)O. The van der Waals surface area contributed by atoms with E-state index in [1.54, 1.807) is 0 Å². The molecule has 168 valence electrons. The molecule has 0 aromatic carbocycles. The smallest absolute Gasteiger partial charge is 0.308 e. The number of allylic oxidation sites excluding steroid dienone is 2. The highest BCUT2D eigenvalue weighted by Gasteiger charge is 2.25. The van der Waals surface area contributed by atoms with Gasteiger partial charge in [-0.3, -0.25) is 14.4 Å². The van der Waals surface area contributed by atoms with E-state index < -0.39 is 30.1 Å². The molecule has 0 aromatic heterocycles. The number of unbranched alkanes of at least 4 members (excludes halogenated alkanes) is 4. The second kappa shape index (κ2) is 15.0. The highest BCUT2D eigenvalue weighted by Crippen LogP contribution is 2.11. The molecule has 0 fully saturated rings. The lowest BCUT2D eigenvalue weighted by Gasteiger charge is -2.28. The summed E-state index contributed by atoms with van der Waals surface area (Å²) in [5.41, 5.74) is 0. The van der Waals surface area contributed by atoms with Crippen LogP contribution in [-0.2, 0) is 19.1 Å². The van der Waals surface area contributed by atoms with E-state index in [2.05, 4.69) is 6.08 Å². The maximum atomic E-state index is 12.0. The fourth-order valence-electron chi connectivity index (χ4n) is 2.90. The van der Waals surface area contributed by atoms with Gasteiger partial charge in [-0.1, -0.05) is 18.6 Å². The molecule has 8 nitrogen and oxygen atoms in total. The monoisotopic (exact) mass is 416 g/mol. The van der Waals surface area contributed by atoms with E-state index >= 15 is 0 Å². The van der Waals surface area contributed by atoms with Crippen LogP contribution in [0.3, 0.4) is 0 Å². The fraction of sp³-hybridized carbons (Fsp3) is 0.762. The zero-order valence-corrected chi connectivity index (χ0v) is 18.0. The van der Waals surface area contributed by atoms with Crippen molar-refractivity contribution in [2.45, 2.75) is 76.4 Å². The van der Waals surface area contributed by atoms with Gasteiger partial charge in [0.1, 0.15) is 6.54 Å². The zero-order chi connectivity index (χ0) is 22.3. The lowest BCUT2D eigenvalue weighted by molar-refractivity contribution is -0.873. The number of ether oxygens (including phenoxy) is 1. The van der Waals surface area contributed by atoms with E-state index in [-0.39, 0.29) is 19.3 Å². The molecule has 0 spiro atoms. The molecule has 2 atom stereocenters. The molecule has 8 heteroatoms. The van der Waals surface area contributed by atoms with Crippen molar-refractivity contribution >= 4 is 17.9 Å². The summed E-state index contributed by atoms with van der Waals surface area (Å²) in [5, 5.41) is 27.5. The Labute approximate surface area is 173 Å². The second-order valence-corrected chi connectivity index (χ2v) is 8.44. The predicted molar refractivity (Wildman–Crippen MR) is 109 cm³/mol. The normalized spacial score (nSPS) is 13.9. The van der Waals surface area contributed by atoms with Crippen molar-refractivity contribution in [2.75, 3.05) is 27.7 Å². The summed E-state index contributed by atoms with van der Waals surface area (Å²) in [7, 11) is 5.67. The number of rotatable bonds is 17. The molecule has 2 unspecified atom stereocenters. The van der Waals surface area contributed by atoms with Gasteiger partial charge in [0.05, 0.1) is 40.1 Å². The molecule has 3 N–H and O–H groups in total. The average molecular weight is 417 g/mol. The van der Waals surface area contributed by atoms with E-state index in [9.17, 15) is 19.5 Å². The number of quaternary nitrogens is 1. The van der Waals surface area contributed by atoms with Gasteiger partial charge < -0.3 is 24.5 Å². The highest BCUT2D eigenvalue weighted by molar-refractivity contribution is 5.72. The molecular weight excluding hydrogens is 378 g/mol. The van der Waals surface area contributed by atoms with Crippen molar-refractivity contribution in [3.8, 4) is 0 Å². The maximum Gasteiger partial charge on any atom is 0.308 e. The van der Waals surface area contributed by atoms with Crippen LogP contribution in [-0.4, -0.2) is 77.6 Å². The number of likely N-dealkylation sites (N-methyl/N-ethyl adjacent to an activating group) is 1. The summed E-state index contributed by atoms with van der Waals surface area (Å²) in [6.45, 7) is 0.384. The summed E-state index contributed by atoms with van der Waals surface area (Å²) in [6.07, 6.45) is 7.87. The fourth-order valence-corrected chi connectivity index (χ4v) is 2.90. The van der Waals surface area contributed by atoms with Crippen LogP contribution in [0.1, 0.15) is 64.2 Å². The summed E-state index contributed by atoms with van der Waals surface area (Å²) >= 11 is 0. The first-order valence-electron chi connectivity index (χ1n) is 10.3. The first kappa shape index (κ1) is 27.1. The van der Waals surface area contributed by atoms with Gasteiger partial charge in [-0.2, -0.15) is 0 Å². The molecule has 0 saturated heterocycles. The summed E-state index contributed by atoms with van der Waals surface area (Å²) < 4.78 is 5.74. The third-order valence-electron chi connectivity index (χ3n) is 4.19. The van der Waals surface area contributed by atoms with E-state index in [1.807, 2.05) is 27.2 Å². The summed E-state index contributed by atoms with van der Waals surface area (Å²) in [6, 6.07) is 0. The van der Waals surface area contributed by atoms with Crippen LogP contribution in [0, 0.1) is 0 Å². The van der Waals surface area contributed by atoms with Gasteiger partial charge in [0.2, 0.25) is 0 Å². The number of nitrogens with zero attached hydrogens (tertiary/aromatic N) is 1. The second-order valence-electron chi connectivity index (χ2n) is 8.44. The Kier molecular flexibility index (Phi) is 14.0. The van der Waals surface area contributed by atoms with E-state index in [1.165, 1.54) is 0 Å². The number of esters is 1. The van der Waals surface area contributed by atoms with Crippen molar-refractivity contribution in [1.82, 2.24) is 0 Å². The van der Waals surface area contributed by atoms with Crippen LogP contribution >= 0.6 is 0 Å². The van der Waals surface area contributed by atoms with E-state index in [0.29, 0.717) is 23.9 Å². The summed E-state index contributed by atoms with van der Waals surface area (Å²) in [5.74, 6) is -2.35. The number of aliphatic hydroxyl groups is 1. The number of carboxylic acid groups (broad SMARTS) is 2. The average Bonchev–Trinajstić information content (AvgIpc) is 2.53. The third kappa shape index (κ3) is 19.2. The Balaban J connectivity index is 3.98. The molecule has 0 bridgehead atoms. The molecule has 0 aliphatic rings. The number of carbonyl (C=O) groups excluding carboxylic acids is 1. The standard InChI is InChI=1S/C21H37NO7/c1-22(2,3)16-18(15-20(26)27)29-21(28)14-17(23)12-10-8-6-4-5-7-9-11-13-19(24)25/h4,6,17-18,23H,5,7-16H2,1-3H3,(H-,24,25,26,27)/p+1/b6-4+.